The fraction of sp³-hybridized carbons (Fsp3) is 0.545. The second kappa shape index (κ2) is 7.55. The topological polar surface area (TPSA) is 103 Å². The maximum Gasteiger partial charge on any atom is 0.245 e. The van der Waals surface area contributed by atoms with E-state index in [-0.39, 0.29) is 17.4 Å². The van der Waals surface area contributed by atoms with Gasteiger partial charge in [0.05, 0.1) is 0 Å². The molecule has 1 aliphatic heterocycles. The summed E-state index contributed by atoms with van der Waals surface area (Å²) in [5, 5.41) is 18.8. The van der Waals surface area contributed by atoms with E-state index >= 15 is 0 Å². The molecule has 2 fully saturated rings. The summed E-state index contributed by atoms with van der Waals surface area (Å²) in [7, 11) is 0. The number of amides is 1. The van der Waals surface area contributed by atoms with Gasteiger partial charge in [0, 0.05) is 48.4 Å². The minimum atomic E-state index is -0.369. The summed E-state index contributed by atoms with van der Waals surface area (Å²) in [5.74, 6) is 2.93. The molecule has 164 valence electrons. The average molecular weight is 423 g/mol. The molecule has 0 atom stereocenters. The first-order valence-corrected chi connectivity index (χ1v) is 11.1. The number of aromatic amines is 1. The van der Waals surface area contributed by atoms with Gasteiger partial charge in [0.2, 0.25) is 11.9 Å². The largest absolute Gasteiger partial charge is 0.353 e. The van der Waals surface area contributed by atoms with E-state index in [1.165, 1.54) is 18.5 Å². The lowest BCUT2D eigenvalue weighted by atomic mass is 9.94. The zero-order chi connectivity index (χ0) is 21.6. The third kappa shape index (κ3) is 4.22. The van der Waals surface area contributed by atoms with Crippen molar-refractivity contribution in [1.29, 1.82) is 0 Å². The molecule has 1 aliphatic carbocycles. The Kier molecular flexibility index (Phi) is 4.83. The second-order valence-electron chi connectivity index (χ2n) is 9.69. The normalized spacial score (nSPS) is 17.8. The Balaban J connectivity index is 1.31. The average Bonchev–Trinajstić information content (AvgIpc) is 3.28. The maximum atomic E-state index is 12.3. The van der Waals surface area contributed by atoms with Crippen molar-refractivity contribution in [3.63, 3.8) is 0 Å². The fourth-order valence-electron chi connectivity index (χ4n) is 3.90. The fourth-order valence-corrected chi connectivity index (χ4v) is 3.90. The Morgan fingerprint density at radius 2 is 1.97 bits per heavy atom. The summed E-state index contributed by atoms with van der Waals surface area (Å²) in [6.45, 7) is 7.43. The Morgan fingerprint density at radius 3 is 2.68 bits per heavy atom. The number of fused-ring (bicyclic) bond motifs is 1. The van der Waals surface area contributed by atoms with Gasteiger partial charge in [-0.05, 0) is 37.8 Å². The third-order valence-electron chi connectivity index (χ3n) is 6.04. The number of piperidine rings is 1. The van der Waals surface area contributed by atoms with Crippen molar-refractivity contribution in [2.24, 2.45) is 5.41 Å². The predicted molar refractivity (Wildman–Crippen MR) is 120 cm³/mol. The molecule has 5 rings (SSSR count). The number of H-pyrrole nitrogens is 1. The SMILES string of the molecule is CC(C)(C)C(=O)NC1CCN(c2nc(Nc3cc(C4CC4)[nH]n3)c3cccn3n2)CC1. The van der Waals surface area contributed by atoms with E-state index < -0.39 is 0 Å². The van der Waals surface area contributed by atoms with Gasteiger partial charge in [0.1, 0.15) is 5.52 Å². The first-order valence-electron chi connectivity index (χ1n) is 11.1. The molecule has 1 saturated heterocycles. The molecule has 0 bridgehead atoms. The molecule has 0 spiro atoms. The summed E-state index contributed by atoms with van der Waals surface area (Å²) in [4.78, 5) is 19.3. The number of carbonyl (C=O) groups is 1. The van der Waals surface area contributed by atoms with E-state index in [1.807, 2.05) is 43.6 Å². The predicted octanol–water partition coefficient (Wildman–Crippen LogP) is 3.20. The first-order chi connectivity index (χ1) is 14.9. The van der Waals surface area contributed by atoms with Crippen LogP contribution < -0.4 is 15.5 Å². The van der Waals surface area contributed by atoms with Gasteiger partial charge in [0.15, 0.2) is 11.6 Å². The number of nitrogens with zero attached hydrogens (tertiary/aromatic N) is 5. The molecule has 9 heteroatoms. The van der Waals surface area contributed by atoms with Crippen LogP contribution in [0.5, 0.6) is 0 Å². The maximum absolute atomic E-state index is 12.3. The Hall–Kier alpha value is -3.10. The number of aromatic nitrogens is 5. The zero-order valence-electron chi connectivity index (χ0n) is 18.4. The van der Waals surface area contributed by atoms with Crippen LogP contribution in [-0.4, -0.2) is 49.8 Å². The zero-order valence-corrected chi connectivity index (χ0v) is 18.4. The van der Waals surface area contributed by atoms with Crippen molar-refractivity contribution < 1.29 is 4.79 Å². The van der Waals surface area contributed by atoms with Crippen LogP contribution in [0.25, 0.3) is 5.52 Å². The number of carbonyl (C=O) groups excluding carboxylic acids is 1. The second-order valence-corrected chi connectivity index (χ2v) is 9.69. The van der Waals surface area contributed by atoms with Crippen LogP contribution in [0, 0.1) is 5.41 Å². The Morgan fingerprint density at radius 1 is 1.19 bits per heavy atom. The molecule has 0 unspecified atom stereocenters. The van der Waals surface area contributed by atoms with Crippen molar-refractivity contribution in [3.8, 4) is 0 Å². The van der Waals surface area contributed by atoms with Gasteiger partial charge in [-0.15, -0.1) is 5.10 Å². The summed E-state index contributed by atoms with van der Waals surface area (Å²) < 4.78 is 1.85. The van der Waals surface area contributed by atoms with Gasteiger partial charge < -0.3 is 15.5 Å². The van der Waals surface area contributed by atoms with Crippen LogP contribution in [0.4, 0.5) is 17.6 Å². The molecule has 3 N–H and O–H groups in total. The first kappa shape index (κ1) is 19.8. The van der Waals surface area contributed by atoms with E-state index in [1.54, 1.807) is 0 Å². The van der Waals surface area contributed by atoms with Crippen LogP contribution in [0.15, 0.2) is 24.4 Å². The molecule has 2 aliphatic rings. The Labute approximate surface area is 181 Å². The molecule has 4 heterocycles. The minimum Gasteiger partial charge on any atom is -0.353 e. The molecule has 9 nitrogen and oxygen atoms in total. The summed E-state index contributed by atoms with van der Waals surface area (Å²) in [5.41, 5.74) is 1.72. The van der Waals surface area contributed by atoms with Crippen LogP contribution in [-0.2, 0) is 4.79 Å². The van der Waals surface area contributed by atoms with Gasteiger partial charge in [0.25, 0.3) is 0 Å². The highest BCUT2D eigenvalue weighted by atomic mass is 16.2. The molecule has 3 aromatic heterocycles. The van der Waals surface area contributed by atoms with Gasteiger partial charge in [-0.2, -0.15) is 10.1 Å². The molecular weight excluding hydrogens is 392 g/mol. The molecule has 3 aromatic rings. The van der Waals surface area contributed by atoms with E-state index in [0.717, 1.165) is 43.1 Å². The monoisotopic (exact) mass is 422 g/mol. The van der Waals surface area contributed by atoms with Crippen LogP contribution in [0.3, 0.4) is 0 Å². The van der Waals surface area contributed by atoms with E-state index in [0.29, 0.717) is 11.9 Å². The van der Waals surface area contributed by atoms with Crippen molar-refractivity contribution >= 4 is 29.0 Å². The third-order valence-corrected chi connectivity index (χ3v) is 6.04. The molecule has 0 aromatic carbocycles. The highest BCUT2D eigenvalue weighted by molar-refractivity contribution is 5.81. The van der Waals surface area contributed by atoms with E-state index in [4.69, 9.17) is 10.1 Å². The molecular formula is C22H30N8O. The molecule has 0 radical (unpaired) electrons. The lowest BCUT2D eigenvalue weighted by molar-refractivity contribution is -0.129. The molecule has 1 saturated carbocycles. The molecule has 1 amide bonds. The summed E-state index contributed by atoms with van der Waals surface area (Å²) in [6.07, 6.45) is 6.15. The number of rotatable bonds is 5. The van der Waals surface area contributed by atoms with Gasteiger partial charge >= 0.3 is 0 Å². The highest BCUT2D eigenvalue weighted by Gasteiger charge is 2.28. The van der Waals surface area contributed by atoms with Gasteiger partial charge in [-0.1, -0.05) is 20.8 Å². The number of hydrogen-bond donors (Lipinski definition) is 3. The number of hydrogen-bond acceptors (Lipinski definition) is 6. The van der Waals surface area contributed by atoms with E-state index in [2.05, 4.69) is 31.8 Å². The smallest absolute Gasteiger partial charge is 0.245 e. The van der Waals surface area contributed by atoms with Crippen LogP contribution in [0.2, 0.25) is 0 Å². The number of nitrogens with one attached hydrogen (secondary N) is 3. The minimum absolute atomic E-state index is 0.104. The Bertz CT molecular complexity index is 1080. The summed E-state index contributed by atoms with van der Waals surface area (Å²) in [6, 6.07) is 6.23. The van der Waals surface area contributed by atoms with Gasteiger partial charge in [-0.3, -0.25) is 9.89 Å². The quantitative estimate of drug-likeness (QED) is 0.583. The van der Waals surface area contributed by atoms with Crippen LogP contribution >= 0.6 is 0 Å². The van der Waals surface area contributed by atoms with Crippen molar-refractivity contribution in [1.82, 2.24) is 30.1 Å². The van der Waals surface area contributed by atoms with E-state index in [9.17, 15) is 4.79 Å². The lowest BCUT2D eigenvalue weighted by Gasteiger charge is -2.33. The lowest BCUT2D eigenvalue weighted by Crippen LogP contribution is -2.48. The van der Waals surface area contributed by atoms with Crippen LogP contribution in [0.1, 0.15) is 58.1 Å². The summed E-state index contributed by atoms with van der Waals surface area (Å²) >= 11 is 0. The standard InChI is InChI=1S/C22H30N8O/c1-22(2,3)20(31)23-15-8-11-29(12-9-15)21-25-19(17-5-4-10-30(17)28-21)24-18-13-16(26-27-18)14-6-7-14/h4-5,10,13-15H,6-9,11-12H2,1-3H3,(H,23,31)(H2,24,25,26,27,28). The van der Waals surface area contributed by atoms with Crippen molar-refractivity contribution in [2.75, 3.05) is 23.3 Å². The van der Waals surface area contributed by atoms with Crippen molar-refractivity contribution in [2.45, 2.75) is 58.4 Å². The highest BCUT2D eigenvalue weighted by Crippen LogP contribution is 2.39. The molecule has 31 heavy (non-hydrogen) atoms. The van der Waals surface area contributed by atoms with Crippen molar-refractivity contribution in [3.05, 3.63) is 30.1 Å². The van der Waals surface area contributed by atoms with Gasteiger partial charge in [-0.25, -0.2) is 4.52 Å². The number of anilines is 3.